The van der Waals surface area contributed by atoms with E-state index in [1.54, 1.807) is 58.7 Å². The van der Waals surface area contributed by atoms with Gasteiger partial charge in [0.05, 0.1) is 58.0 Å². The fourth-order valence-corrected chi connectivity index (χ4v) is 12.5. The summed E-state index contributed by atoms with van der Waals surface area (Å²) in [6, 6.07) is 22.2. The van der Waals surface area contributed by atoms with Crippen molar-refractivity contribution in [3.8, 4) is 56.3 Å². The molecule has 0 fully saturated rings. The number of hydrogen-bond donors (Lipinski definition) is 3. The molecule has 0 spiro atoms. The number of nitrogens with zero attached hydrogens (tertiary/aromatic N) is 3. The van der Waals surface area contributed by atoms with Crippen LogP contribution in [0.5, 0.6) is 5.75 Å². The number of fused-ring (bicyclic) bond motifs is 7. The summed E-state index contributed by atoms with van der Waals surface area (Å²) in [5.41, 5.74) is 13.3. The first-order valence-corrected chi connectivity index (χ1v) is 28.6. The van der Waals surface area contributed by atoms with Crippen molar-refractivity contribution in [1.82, 2.24) is 0 Å². The van der Waals surface area contributed by atoms with Gasteiger partial charge in [-0.2, -0.15) is 5.26 Å². The normalized spacial score (nSPS) is 14.0. The van der Waals surface area contributed by atoms with Crippen LogP contribution in [0, 0.1) is 57.6 Å². The van der Waals surface area contributed by atoms with Crippen molar-refractivity contribution in [2.75, 3.05) is 39.6 Å². The van der Waals surface area contributed by atoms with E-state index >= 15 is 8.78 Å². The van der Waals surface area contributed by atoms with Gasteiger partial charge < -0.3 is 38.4 Å². The van der Waals surface area contributed by atoms with Gasteiger partial charge in [-0.05, 0) is 151 Å². The van der Waals surface area contributed by atoms with E-state index in [0.29, 0.717) is 86.4 Å². The van der Waals surface area contributed by atoms with Crippen LogP contribution in [0.1, 0.15) is 123 Å². The largest absolute Gasteiger partial charge is 0.490 e. The van der Waals surface area contributed by atoms with Crippen LogP contribution in [0.25, 0.3) is 44.5 Å². The number of rotatable bonds is 10. The molecule has 3 N–H and O–H groups in total. The Bertz CT molecular complexity index is 3370. The summed E-state index contributed by atoms with van der Waals surface area (Å²) in [5, 5.41) is 34.5. The third-order valence-electron chi connectivity index (χ3n) is 13.9. The topological polar surface area (TPSA) is 145 Å². The number of hydrogen-bond acceptors (Lipinski definition) is 11. The van der Waals surface area contributed by atoms with E-state index in [-0.39, 0.29) is 17.7 Å². The lowest BCUT2D eigenvalue weighted by Gasteiger charge is -2.37. The number of nitriles is 1. The Hall–Kier alpha value is -6.28. The minimum Gasteiger partial charge on any atom is -0.490 e. The van der Waals surface area contributed by atoms with E-state index < -0.39 is 47.0 Å². The minimum atomic E-state index is -1.36. The number of nitrogens with one attached hydrogen (secondary N) is 1. The van der Waals surface area contributed by atoms with Crippen molar-refractivity contribution in [1.29, 1.82) is 5.26 Å². The predicted octanol–water partition coefficient (Wildman–Crippen LogP) is 16.3. The smallest absolute Gasteiger partial charge is 0.337 e. The average Bonchev–Trinajstić information content (AvgIpc) is 3.52. The van der Waals surface area contributed by atoms with E-state index in [2.05, 4.69) is 21.8 Å². The molecular weight excluding hydrogens is 1050 g/mol. The van der Waals surface area contributed by atoms with Gasteiger partial charge in [0, 0.05) is 63.6 Å². The summed E-state index contributed by atoms with van der Waals surface area (Å²) in [7, 11) is 0. The molecule has 0 aliphatic carbocycles. The monoisotopic (exact) mass is 1120 g/mol. The lowest BCUT2D eigenvalue weighted by molar-refractivity contribution is -0.161. The Balaban J connectivity index is 0.000000220. The number of ether oxygens (including phenoxy) is 3. The van der Waals surface area contributed by atoms with Crippen molar-refractivity contribution in [3.63, 3.8) is 0 Å². The molecule has 0 saturated carbocycles. The summed E-state index contributed by atoms with van der Waals surface area (Å²) in [5.74, 6) is -2.66. The quantitative estimate of drug-likeness (QED) is 0.112. The number of benzene rings is 6. The molecule has 0 aromatic heterocycles. The van der Waals surface area contributed by atoms with Gasteiger partial charge in [-0.3, -0.25) is 0 Å². The third kappa shape index (κ3) is 11.3. The molecule has 412 valence electrons. The molecule has 6 aromatic rings. The number of carboxylic acids is 2. The molecule has 78 heavy (non-hydrogen) atoms. The minimum absolute atomic E-state index is 0.116. The van der Waals surface area contributed by atoms with Gasteiger partial charge in [-0.25, -0.2) is 18.4 Å². The van der Waals surface area contributed by atoms with Crippen LogP contribution in [-0.2, 0) is 32.2 Å². The zero-order valence-electron chi connectivity index (χ0n) is 47.1. The van der Waals surface area contributed by atoms with Gasteiger partial charge in [0.15, 0.2) is 12.2 Å². The molecule has 3 aliphatic heterocycles. The number of carboxylic acid groups (broad SMARTS) is 2. The van der Waals surface area contributed by atoms with E-state index in [1.807, 2.05) is 109 Å². The van der Waals surface area contributed by atoms with Gasteiger partial charge in [0.25, 0.3) is 0 Å². The van der Waals surface area contributed by atoms with E-state index in [1.165, 1.54) is 11.9 Å². The highest BCUT2D eigenvalue weighted by molar-refractivity contribution is 8.00. The summed E-state index contributed by atoms with van der Waals surface area (Å²) in [6.07, 6.45) is 1.35. The zero-order chi connectivity index (χ0) is 57.5. The van der Waals surface area contributed by atoms with Crippen LogP contribution in [0.15, 0.2) is 66.7 Å². The lowest BCUT2D eigenvalue weighted by Crippen LogP contribution is -2.30. The summed E-state index contributed by atoms with van der Waals surface area (Å²) < 4.78 is 52.9. The molecule has 16 heteroatoms. The average molecular weight is 1120 g/mol. The zero-order valence-corrected chi connectivity index (χ0v) is 49.5. The fourth-order valence-electron chi connectivity index (χ4n) is 10.8. The van der Waals surface area contributed by atoms with Gasteiger partial charge in [0.2, 0.25) is 0 Å². The molecule has 0 amide bonds. The highest BCUT2D eigenvalue weighted by Gasteiger charge is 2.40. The molecule has 3 aliphatic rings. The highest BCUT2D eigenvalue weighted by Crippen LogP contribution is 2.56. The first-order chi connectivity index (χ1) is 36.8. The van der Waals surface area contributed by atoms with Crippen molar-refractivity contribution in [3.05, 3.63) is 139 Å². The van der Waals surface area contributed by atoms with Gasteiger partial charge >= 0.3 is 11.9 Å². The molecule has 0 unspecified atom stereocenters. The Kier molecular flexibility index (Phi) is 18.0. The predicted molar refractivity (Wildman–Crippen MR) is 315 cm³/mol. The maximum atomic E-state index is 15.6. The van der Waals surface area contributed by atoms with Crippen LogP contribution < -0.4 is 18.7 Å². The van der Waals surface area contributed by atoms with E-state index in [9.17, 15) is 25.1 Å². The van der Waals surface area contributed by atoms with Gasteiger partial charge in [-0.1, -0.05) is 91.3 Å². The second-order valence-corrected chi connectivity index (χ2v) is 23.1. The van der Waals surface area contributed by atoms with E-state index in [0.717, 1.165) is 62.3 Å². The van der Waals surface area contributed by atoms with Crippen molar-refractivity contribution in [2.45, 2.75) is 127 Å². The van der Waals surface area contributed by atoms with Crippen molar-refractivity contribution >= 4 is 64.5 Å². The highest BCUT2D eigenvalue weighted by atomic mass is 35.5. The SMILES string of the molecule is CC.CSN1Cc2c(F)ccc(F)c2-c2c(C)c(-c3ccc4c(c3Cl)NCCO4)c([C@H](OC(C)(C)C)C(=O)O)c(C)c21.CSN1Cc2cccc(C#N)c2-c2c(C)c(-c3ccc(C)cc3)c([C@H](OC(C)(C)C)C(=O)O)c(C)c21. The van der Waals surface area contributed by atoms with Gasteiger partial charge in [0.1, 0.15) is 24.0 Å². The first kappa shape index (κ1) is 59.4. The number of aliphatic carboxylic acids is 2. The number of aryl methyl sites for hydroxylation is 1. The molecule has 3 heterocycles. The Labute approximate surface area is 471 Å². The standard InChI is InChI=1S/C30H31ClF2N2O4S.C30H32N2O3S.C2H6/c1-14-21(16-7-10-20-26(25(16)31)34-11-12-38-20)23(28(29(36)37)39-30(3,4)5)15(2)27-22(14)24-17(13-35(27)40-6)18(32)8-9-19(24)33;1-17-11-13-20(14-12-17)23-18(2)24-26-21(15-31)9-8-10-22(26)16-32(36-7)27(24)19(3)25(23)28(29(33)34)35-30(4,5)6;1-2/h7-10,28,34H,11-13H2,1-6H3,(H,36,37);8-14,28H,16H2,1-7H3,(H,33,34);1-2H3/t2*28-;/m00./s1. The molecular formula is C62H69ClF2N4O7S2. The van der Waals surface area contributed by atoms with Crippen molar-refractivity contribution < 1.29 is 42.8 Å². The molecule has 0 saturated heterocycles. The maximum absolute atomic E-state index is 15.6. The number of halogens is 3. The van der Waals surface area contributed by atoms with Gasteiger partial charge in [-0.15, -0.1) is 0 Å². The van der Waals surface area contributed by atoms with Crippen molar-refractivity contribution in [2.24, 2.45) is 0 Å². The fraction of sp³-hybridized carbons (Fsp3) is 0.371. The Morgan fingerprint density at radius 2 is 1.23 bits per heavy atom. The summed E-state index contributed by atoms with van der Waals surface area (Å²) in [4.78, 5) is 25.5. The second-order valence-electron chi connectivity index (χ2n) is 21.1. The molecule has 0 radical (unpaired) electrons. The van der Waals surface area contributed by atoms with E-state index in [4.69, 9.17) is 25.8 Å². The Morgan fingerprint density at radius 1 is 0.705 bits per heavy atom. The Morgan fingerprint density at radius 3 is 1.77 bits per heavy atom. The summed E-state index contributed by atoms with van der Waals surface area (Å²) in [6.45, 7) is 26.4. The number of carbonyl (C=O) groups is 2. The second kappa shape index (κ2) is 23.6. The van der Waals surface area contributed by atoms with Crippen LogP contribution in [0.3, 0.4) is 0 Å². The molecule has 11 nitrogen and oxygen atoms in total. The summed E-state index contributed by atoms with van der Waals surface area (Å²) >= 11 is 9.95. The third-order valence-corrected chi connectivity index (χ3v) is 15.8. The molecule has 6 aromatic carbocycles. The molecule has 9 rings (SSSR count). The lowest BCUT2D eigenvalue weighted by atomic mass is 9.79. The van der Waals surface area contributed by atoms with Crippen LogP contribution in [-0.4, -0.2) is 59.0 Å². The van der Waals surface area contributed by atoms with Crippen LogP contribution >= 0.6 is 35.5 Å². The maximum Gasteiger partial charge on any atom is 0.337 e. The first-order valence-electron chi connectivity index (χ1n) is 25.9. The number of anilines is 3. The van der Waals surface area contributed by atoms with Crippen LogP contribution in [0.2, 0.25) is 5.02 Å². The molecule has 0 bridgehead atoms. The molecule has 2 atom stereocenters. The van der Waals surface area contributed by atoms with Crippen LogP contribution in [0.4, 0.5) is 25.8 Å².